The minimum Gasteiger partial charge on any atom is -0.299 e. The quantitative estimate of drug-likeness (QED) is 0.119. The zero-order chi connectivity index (χ0) is 17.7. The van der Waals surface area contributed by atoms with E-state index in [0.717, 1.165) is 50.4 Å². The summed E-state index contributed by atoms with van der Waals surface area (Å²) in [5, 5.41) is 0. The molecule has 0 aliphatic rings. The molecule has 0 unspecified atom stereocenters. The lowest BCUT2D eigenvalue weighted by atomic mass is 10.2. The second-order valence-electron chi connectivity index (χ2n) is 5.41. The van der Waals surface area contributed by atoms with Gasteiger partial charge in [-0.05, 0) is 57.1 Å². The molecule has 0 rings (SSSR count). The van der Waals surface area contributed by atoms with E-state index < -0.39 is 0 Å². The highest BCUT2D eigenvalue weighted by atomic mass is 16.1. The normalized spacial score (nSPS) is 13.8. The molecule has 0 aromatic heterocycles. The number of carbonyl (C=O) groups excluding carboxylic acids is 1. The van der Waals surface area contributed by atoms with Crippen LogP contribution < -0.4 is 0 Å². The third-order valence-corrected chi connectivity index (χ3v) is 3.16. The molecule has 0 heterocycles. The van der Waals surface area contributed by atoms with Crippen LogP contribution in [0.3, 0.4) is 0 Å². The van der Waals surface area contributed by atoms with Crippen molar-refractivity contribution in [3.05, 3.63) is 84.6 Å². The zero-order valence-corrected chi connectivity index (χ0v) is 15.2. The van der Waals surface area contributed by atoms with Crippen molar-refractivity contribution in [1.82, 2.24) is 0 Å². The summed E-state index contributed by atoms with van der Waals surface area (Å²) in [4.78, 5) is 10.3. The molecular weight excluding hydrogens is 292 g/mol. The van der Waals surface area contributed by atoms with Gasteiger partial charge in [-0.3, -0.25) is 4.79 Å². The number of aldehydes is 1. The number of rotatable bonds is 13. The summed E-state index contributed by atoms with van der Waals surface area (Å²) in [5.41, 5.74) is 0.966. The van der Waals surface area contributed by atoms with E-state index in [-0.39, 0.29) is 0 Å². The van der Waals surface area contributed by atoms with Crippen molar-refractivity contribution in [3.63, 3.8) is 0 Å². The maximum Gasteiger partial charge on any atom is 0.143 e. The van der Waals surface area contributed by atoms with Crippen LogP contribution in [0, 0.1) is 0 Å². The Labute approximate surface area is 148 Å². The molecule has 130 valence electrons. The third kappa shape index (κ3) is 17.9. The Bertz CT molecular complexity index is 496. The predicted molar refractivity (Wildman–Crippen MR) is 108 cm³/mol. The van der Waals surface area contributed by atoms with E-state index in [0.29, 0.717) is 0 Å². The van der Waals surface area contributed by atoms with Gasteiger partial charge in [-0.2, -0.15) is 0 Å². The molecule has 0 aromatic carbocycles. The van der Waals surface area contributed by atoms with Gasteiger partial charge in [0.25, 0.3) is 0 Å². The summed E-state index contributed by atoms with van der Waals surface area (Å²) in [6.07, 6.45) is 34.4. The molecule has 0 N–H and O–H groups in total. The van der Waals surface area contributed by atoms with Gasteiger partial charge in [-0.1, -0.05) is 79.8 Å². The molecule has 0 atom stereocenters. The highest BCUT2D eigenvalue weighted by Crippen LogP contribution is 1.98. The van der Waals surface area contributed by atoms with Crippen LogP contribution in [0.1, 0.15) is 52.4 Å². The Morgan fingerprint density at radius 1 is 0.708 bits per heavy atom. The van der Waals surface area contributed by atoms with Gasteiger partial charge in [0.1, 0.15) is 6.29 Å². The standard InChI is InChI=1S/C23H32O/c1-3-4-5-6-7-8-9-10-11-12-13-14-15-16-17-18-19-20-23(2)21-22-24/h4-5,7-8,10-11,13-14,17-22H,3,6,9,12,15-16H2,1-2H3/b5-4-,8-7-,11-10-,14-13-,18-17+,20-19+,23-21+. The maximum absolute atomic E-state index is 10.3. The molecule has 0 saturated heterocycles. The molecule has 0 bridgehead atoms. The topological polar surface area (TPSA) is 17.1 Å². The van der Waals surface area contributed by atoms with E-state index in [1.54, 1.807) is 6.08 Å². The van der Waals surface area contributed by atoms with Crippen LogP contribution in [0.25, 0.3) is 0 Å². The van der Waals surface area contributed by atoms with Crippen LogP contribution in [0.2, 0.25) is 0 Å². The van der Waals surface area contributed by atoms with Gasteiger partial charge in [0.15, 0.2) is 0 Å². The first-order chi connectivity index (χ1) is 11.8. The summed E-state index contributed by atoms with van der Waals surface area (Å²) in [6, 6.07) is 0. The van der Waals surface area contributed by atoms with Crippen molar-refractivity contribution < 1.29 is 4.79 Å². The third-order valence-electron chi connectivity index (χ3n) is 3.16. The summed E-state index contributed by atoms with van der Waals surface area (Å²) in [5.74, 6) is 0. The lowest BCUT2D eigenvalue weighted by molar-refractivity contribution is -0.104. The molecule has 0 radical (unpaired) electrons. The van der Waals surface area contributed by atoms with Crippen LogP contribution in [-0.2, 0) is 4.79 Å². The molecule has 0 fully saturated rings. The Hall–Kier alpha value is -2.15. The zero-order valence-electron chi connectivity index (χ0n) is 15.2. The van der Waals surface area contributed by atoms with Gasteiger partial charge in [0.2, 0.25) is 0 Å². The molecular formula is C23H32O. The number of hydrogen-bond acceptors (Lipinski definition) is 1. The molecule has 0 spiro atoms. The predicted octanol–water partition coefficient (Wildman–Crippen LogP) is 6.83. The van der Waals surface area contributed by atoms with Crippen LogP contribution in [0.4, 0.5) is 0 Å². The Morgan fingerprint density at radius 3 is 1.83 bits per heavy atom. The fourth-order valence-electron chi connectivity index (χ4n) is 1.84. The van der Waals surface area contributed by atoms with Crippen molar-refractivity contribution in [3.8, 4) is 0 Å². The first-order valence-electron chi connectivity index (χ1n) is 8.86. The number of hydrogen-bond donors (Lipinski definition) is 0. The molecule has 0 aliphatic carbocycles. The molecule has 0 aromatic rings. The Balaban J connectivity index is 3.62. The highest BCUT2D eigenvalue weighted by molar-refractivity contribution is 5.66. The van der Waals surface area contributed by atoms with Crippen LogP contribution in [-0.4, -0.2) is 6.29 Å². The first-order valence-corrected chi connectivity index (χ1v) is 8.86. The largest absolute Gasteiger partial charge is 0.299 e. The second-order valence-corrected chi connectivity index (χ2v) is 5.41. The number of unbranched alkanes of at least 4 members (excludes halogenated alkanes) is 1. The fourth-order valence-corrected chi connectivity index (χ4v) is 1.84. The van der Waals surface area contributed by atoms with Gasteiger partial charge >= 0.3 is 0 Å². The average Bonchev–Trinajstić information content (AvgIpc) is 2.58. The van der Waals surface area contributed by atoms with E-state index in [4.69, 9.17) is 0 Å². The van der Waals surface area contributed by atoms with E-state index in [9.17, 15) is 4.79 Å². The van der Waals surface area contributed by atoms with Gasteiger partial charge in [0.05, 0.1) is 0 Å². The Kier molecular flexibility index (Phi) is 17.2. The Morgan fingerprint density at radius 2 is 1.25 bits per heavy atom. The minimum absolute atomic E-state index is 0.809. The molecule has 24 heavy (non-hydrogen) atoms. The van der Waals surface area contributed by atoms with E-state index >= 15 is 0 Å². The van der Waals surface area contributed by atoms with Gasteiger partial charge < -0.3 is 0 Å². The van der Waals surface area contributed by atoms with Crippen molar-refractivity contribution >= 4 is 6.29 Å². The van der Waals surface area contributed by atoms with Crippen molar-refractivity contribution in [2.75, 3.05) is 0 Å². The van der Waals surface area contributed by atoms with Crippen LogP contribution in [0.15, 0.2) is 84.6 Å². The number of allylic oxidation sites excluding steroid dienone is 14. The van der Waals surface area contributed by atoms with Gasteiger partial charge in [0, 0.05) is 0 Å². The molecule has 1 heteroatoms. The SMILES string of the molecule is CC/C=C\C/C=C\C/C=C\C/C=C\CC/C=C/C=C/C(C)=C/C=O. The highest BCUT2D eigenvalue weighted by Gasteiger charge is 1.79. The summed E-state index contributed by atoms with van der Waals surface area (Å²) < 4.78 is 0. The van der Waals surface area contributed by atoms with Crippen LogP contribution >= 0.6 is 0 Å². The first kappa shape index (κ1) is 21.9. The lowest BCUT2D eigenvalue weighted by Crippen LogP contribution is -1.69. The van der Waals surface area contributed by atoms with E-state index in [2.05, 4.69) is 61.6 Å². The number of carbonyl (C=O) groups is 1. The minimum atomic E-state index is 0.809. The maximum atomic E-state index is 10.3. The van der Waals surface area contributed by atoms with Crippen molar-refractivity contribution in [1.29, 1.82) is 0 Å². The summed E-state index contributed by atoms with van der Waals surface area (Å²) in [7, 11) is 0. The van der Waals surface area contributed by atoms with E-state index in [1.165, 1.54) is 0 Å². The average molecular weight is 325 g/mol. The lowest BCUT2D eigenvalue weighted by Gasteiger charge is -1.87. The van der Waals surface area contributed by atoms with Crippen molar-refractivity contribution in [2.24, 2.45) is 0 Å². The van der Waals surface area contributed by atoms with Gasteiger partial charge in [-0.25, -0.2) is 0 Å². The smallest absolute Gasteiger partial charge is 0.143 e. The molecule has 0 aliphatic heterocycles. The van der Waals surface area contributed by atoms with E-state index in [1.807, 2.05) is 25.2 Å². The molecule has 0 saturated carbocycles. The summed E-state index contributed by atoms with van der Waals surface area (Å²) in [6.45, 7) is 4.06. The fraction of sp³-hybridized carbons (Fsp3) is 0.348. The monoisotopic (exact) mass is 324 g/mol. The van der Waals surface area contributed by atoms with Crippen molar-refractivity contribution in [2.45, 2.75) is 52.4 Å². The van der Waals surface area contributed by atoms with Gasteiger partial charge in [-0.15, -0.1) is 0 Å². The summed E-state index contributed by atoms with van der Waals surface area (Å²) >= 11 is 0. The second kappa shape index (κ2) is 18.9. The molecule has 1 nitrogen and oxygen atoms in total. The van der Waals surface area contributed by atoms with Crippen LogP contribution in [0.5, 0.6) is 0 Å². The molecule has 0 amide bonds.